The molecule has 1 atom stereocenters. The highest BCUT2D eigenvalue weighted by Gasteiger charge is 2.21. The smallest absolute Gasteiger partial charge is 0.266 e. The molecule has 18 heavy (non-hydrogen) atoms. The normalized spacial score (nSPS) is 12.3. The molecule has 0 aliphatic carbocycles. The maximum absolute atomic E-state index is 11.8. The Labute approximate surface area is 113 Å². The van der Waals surface area contributed by atoms with E-state index in [0.29, 0.717) is 10.6 Å². The van der Waals surface area contributed by atoms with Gasteiger partial charge in [0.15, 0.2) is 10.6 Å². The summed E-state index contributed by atoms with van der Waals surface area (Å²) in [7, 11) is 1.39. The summed E-state index contributed by atoms with van der Waals surface area (Å²) < 4.78 is 2.06. The number of hydrogen-bond donors (Lipinski definition) is 2. The van der Waals surface area contributed by atoms with Gasteiger partial charge in [0.2, 0.25) is 0 Å². The standard InChI is InChI=1S/C10H12N4O2S2/c1-6(9(15)13-16-2)14-8(11-12-10(14)17)7-4-3-5-18-7/h3-6H,1-2H3,(H,12,17)(H,13,15)/t6-/m1/s1. The van der Waals surface area contributed by atoms with Gasteiger partial charge in [-0.05, 0) is 30.6 Å². The topological polar surface area (TPSA) is 71.9 Å². The first-order chi connectivity index (χ1) is 8.65. The fraction of sp³-hybridized carbons (Fsp3) is 0.300. The van der Waals surface area contributed by atoms with Crippen LogP contribution in [0.5, 0.6) is 0 Å². The molecule has 96 valence electrons. The molecule has 2 aromatic rings. The Morgan fingerprint density at radius 1 is 1.72 bits per heavy atom. The molecule has 0 aromatic carbocycles. The van der Waals surface area contributed by atoms with Crippen LogP contribution in [0.3, 0.4) is 0 Å². The van der Waals surface area contributed by atoms with Gasteiger partial charge < -0.3 is 0 Å². The molecule has 2 rings (SSSR count). The zero-order chi connectivity index (χ0) is 13.1. The number of amides is 1. The van der Waals surface area contributed by atoms with Crippen molar-refractivity contribution in [3.63, 3.8) is 0 Å². The van der Waals surface area contributed by atoms with Gasteiger partial charge in [-0.3, -0.25) is 19.3 Å². The molecule has 0 saturated carbocycles. The van der Waals surface area contributed by atoms with E-state index in [1.165, 1.54) is 18.4 Å². The molecule has 2 N–H and O–H groups in total. The Morgan fingerprint density at radius 2 is 2.50 bits per heavy atom. The van der Waals surface area contributed by atoms with Gasteiger partial charge in [-0.1, -0.05) is 6.07 Å². The lowest BCUT2D eigenvalue weighted by atomic mass is 10.3. The average Bonchev–Trinajstić information content (AvgIpc) is 2.97. The molecule has 8 heteroatoms. The lowest BCUT2D eigenvalue weighted by Crippen LogP contribution is -2.30. The maximum atomic E-state index is 11.8. The van der Waals surface area contributed by atoms with E-state index in [2.05, 4.69) is 20.5 Å². The number of nitrogens with zero attached hydrogens (tertiary/aromatic N) is 2. The minimum absolute atomic E-state index is 0.284. The number of nitrogens with one attached hydrogen (secondary N) is 2. The third-order valence-electron chi connectivity index (χ3n) is 2.42. The van der Waals surface area contributed by atoms with Crippen molar-refractivity contribution in [3.8, 4) is 10.7 Å². The molecule has 0 spiro atoms. The molecule has 0 aliphatic heterocycles. The van der Waals surface area contributed by atoms with Crippen LogP contribution in [0, 0.1) is 4.77 Å². The molecule has 0 fully saturated rings. The minimum atomic E-state index is -0.506. The van der Waals surface area contributed by atoms with Crippen LogP contribution in [0.1, 0.15) is 13.0 Å². The monoisotopic (exact) mass is 284 g/mol. The summed E-state index contributed by atoms with van der Waals surface area (Å²) in [6, 6.07) is 3.34. The third-order valence-corrected chi connectivity index (χ3v) is 3.57. The zero-order valence-electron chi connectivity index (χ0n) is 9.84. The van der Waals surface area contributed by atoms with Crippen LogP contribution in [-0.4, -0.2) is 27.8 Å². The minimum Gasteiger partial charge on any atom is -0.287 e. The van der Waals surface area contributed by atoms with Gasteiger partial charge >= 0.3 is 0 Å². The lowest BCUT2D eigenvalue weighted by molar-refractivity contribution is -0.134. The summed E-state index contributed by atoms with van der Waals surface area (Å²) in [5.41, 5.74) is 2.29. The predicted octanol–water partition coefficient (Wildman–Crippen LogP) is 1.91. The van der Waals surface area contributed by atoms with Crippen molar-refractivity contribution in [3.05, 3.63) is 22.3 Å². The summed E-state index contributed by atoms with van der Waals surface area (Å²) in [6.45, 7) is 1.73. The van der Waals surface area contributed by atoms with E-state index in [9.17, 15) is 4.79 Å². The van der Waals surface area contributed by atoms with Crippen molar-refractivity contribution in [2.24, 2.45) is 0 Å². The number of thiophene rings is 1. The molecule has 2 aromatic heterocycles. The van der Waals surface area contributed by atoms with Gasteiger partial charge in [-0.25, -0.2) is 5.48 Å². The van der Waals surface area contributed by atoms with Crippen LogP contribution in [0.4, 0.5) is 0 Å². The maximum Gasteiger partial charge on any atom is 0.266 e. The number of carbonyl (C=O) groups excluding carboxylic acids is 1. The lowest BCUT2D eigenvalue weighted by Gasteiger charge is -2.13. The highest BCUT2D eigenvalue weighted by molar-refractivity contribution is 7.71. The van der Waals surface area contributed by atoms with E-state index in [-0.39, 0.29) is 5.91 Å². The Hall–Kier alpha value is -1.51. The highest BCUT2D eigenvalue weighted by atomic mass is 32.1. The van der Waals surface area contributed by atoms with E-state index in [4.69, 9.17) is 12.2 Å². The molecular weight excluding hydrogens is 272 g/mol. The first kappa shape index (κ1) is 12.9. The summed E-state index contributed by atoms with van der Waals surface area (Å²) in [5.74, 6) is 0.363. The SMILES string of the molecule is CONC(=O)[C@@H](C)n1c(-c2cccs2)n[nH]c1=S. The summed E-state index contributed by atoms with van der Waals surface area (Å²) in [6.07, 6.45) is 0. The predicted molar refractivity (Wildman–Crippen MR) is 70.6 cm³/mol. The molecule has 2 heterocycles. The Morgan fingerprint density at radius 3 is 3.11 bits per heavy atom. The second kappa shape index (κ2) is 5.42. The first-order valence-electron chi connectivity index (χ1n) is 5.18. The van der Waals surface area contributed by atoms with Crippen LogP contribution in [0.15, 0.2) is 17.5 Å². The number of H-pyrrole nitrogens is 1. The zero-order valence-corrected chi connectivity index (χ0v) is 11.5. The number of rotatable bonds is 4. The van der Waals surface area contributed by atoms with Crippen LogP contribution in [0.2, 0.25) is 0 Å². The largest absolute Gasteiger partial charge is 0.287 e. The fourth-order valence-corrected chi connectivity index (χ4v) is 2.55. The van der Waals surface area contributed by atoms with Crippen LogP contribution in [-0.2, 0) is 9.63 Å². The van der Waals surface area contributed by atoms with Gasteiger partial charge in [0.25, 0.3) is 5.91 Å². The summed E-state index contributed by atoms with van der Waals surface area (Å²) in [4.78, 5) is 17.3. The molecular formula is C10H12N4O2S2. The van der Waals surface area contributed by atoms with Crippen molar-refractivity contribution in [2.45, 2.75) is 13.0 Å². The summed E-state index contributed by atoms with van der Waals surface area (Å²) >= 11 is 6.69. The molecule has 0 saturated heterocycles. The number of aromatic nitrogens is 3. The molecule has 0 aliphatic rings. The van der Waals surface area contributed by atoms with Crippen molar-refractivity contribution in [1.82, 2.24) is 20.2 Å². The van der Waals surface area contributed by atoms with Gasteiger partial charge in [0.05, 0.1) is 12.0 Å². The van der Waals surface area contributed by atoms with Gasteiger partial charge in [0, 0.05) is 0 Å². The van der Waals surface area contributed by atoms with Gasteiger partial charge in [-0.15, -0.1) is 11.3 Å². The van der Waals surface area contributed by atoms with Crippen molar-refractivity contribution in [2.75, 3.05) is 7.11 Å². The fourth-order valence-electron chi connectivity index (χ4n) is 1.55. The second-order valence-corrected chi connectivity index (χ2v) is 4.88. The number of carbonyl (C=O) groups is 1. The van der Waals surface area contributed by atoms with Crippen LogP contribution in [0.25, 0.3) is 10.7 Å². The first-order valence-corrected chi connectivity index (χ1v) is 6.47. The number of hydroxylamine groups is 1. The van der Waals surface area contributed by atoms with E-state index in [1.54, 1.807) is 11.5 Å². The average molecular weight is 284 g/mol. The van der Waals surface area contributed by atoms with Crippen LogP contribution >= 0.6 is 23.6 Å². The molecule has 6 nitrogen and oxygen atoms in total. The van der Waals surface area contributed by atoms with Crippen molar-refractivity contribution < 1.29 is 9.63 Å². The molecule has 1 amide bonds. The van der Waals surface area contributed by atoms with Gasteiger partial charge in [-0.2, -0.15) is 5.10 Å². The van der Waals surface area contributed by atoms with Crippen molar-refractivity contribution >= 4 is 29.5 Å². The number of hydrogen-bond acceptors (Lipinski definition) is 5. The molecule has 0 radical (unpaired) electrons. The van der Waals surface area contributed by atoms with E-state index in [0.717, 1.165) is 4.88 Å². The summed E-state index contributed by atoms with van der Waals surface area (Å²) in [5, 5.41) is 8.80. The Kier molecular flexibility index (Phi) is 3.90. The van der Waals surface area contributed by atoms with E-state index >= 15 is 0 Å². The van der Waals surface area contributed by atoms with E-state index in [1.807, 2.05) is 17.5 Å². The number of aromatic amines is 1. The van der Waals surface area contributed by atoms with E-state index < -0.39 is 6.04 Å². The van der Waals surface area contributed by atoms with Crippen LogP contribution < -0.4 is 5.48 Å². The highest BCUT2D eigenvalue weighted by Crippen LogP contribution is 2.25. The third kappa shape index (κ3) is 2.35. The quantitative estimate of drug-likeness (QED) is 0.664. The Bertz CT molecular complexity index is 587. The molecule has 0 bridgehead atoms. The van der Waals surface area contributed by atoms with Gasteiger partial charge in [0.1, 0.15) is 6.04 Å². The Balaban J connectivity index is 2.42. The van der Waals surface area contributed by atoms with Crippen molar-refractivity contribution in [1.29, 1.82) is 0 Å². The second-order valence-electron chi connectivity index (χ2n) is 3.55. The molecule has 0 unspecified atom stereocenters.